The lowest BCUT2D eigenvalue weighted by molar-refractivity contribution is 0.101. The quantitative estimate of drug-likeness (QED) is 0.790. The maximum atomic E-state index is 11.3. The summed E-state index contributed by atoms with van der Waals surface area (Å²) < 4.78 is 5.28. The van der Waals surface area contributed by atoms with Crippen LogP contribution in [0.5, 0.6) is 0 Å². The van der Waals surface area contributed by atoms with Crippen molar-refractivity contribution in [1.82, 2.24) is 0 Å². The second-order valence-corrected chi connectivity index (χ2v) is 4.99. The van der Waals surface area contributed by atoms with Gasteiger partial charge in [-0.05, 0) is 38.1 Å². The molecule has 0 aliphatic carbocycles. The molecule has 0 amide bonds. The average Bonchev–Trinajstić information content (AvgIpc) is 2.74. The molecule has 2 aromatic rings. The van der Waals surface area contributed by atoms with Gasteiger partial charge in [0.2, 0.25) is 0 Å². The van der Waals surface area contributed by atoms with Gasteiger partial charge < -0.3 is 9.32 Å². The number of hydrogen-bond donors (Lipinski definition) is 0. The van der Waals surface area contributed by atoms with Crippen LogP contribution in [0.15, 0.2) is 34.9 Å². The van der Waals surface area contributed by atoms with E-state index in [9.17, 15) is 4.79 Å². The summed E-state index contributed by atoms with van der Waals surface area (Å²) in [5.74, 6) is 0.892. The van der Waals surface area contributed by atoms with Gasteiger partial charge in [0.25, 0.3) is 0 Å². The van der Waals surface area contributed by atoms with E-state index in [4.69, 9.17) is 16.0 Å². The largest absolute Gasteiger partial charge is 0.469 e. The number of nitrogens with zero attached hydrogens (tertiary/aromatic N) is 1. The summed E-state index contributed by atoms with van der Waals surface area (Å²) in [4.78, 5) is 13.4. The Labute approximate surface area is 117 Å². The standard InChI is InChI=1S/C15H16ClNO2/c1-10(18)14-5-4-13(8-15(14)16)17(3)9-12-6-7-19-11(12)2/h4-8H,9H2,1-3H3. The van der Waals surface area contributed by atoms with Crippen molar-refractivity contribution < 1.29 is 9.21 Å². The predicted octanol–water partition coefficient (Wildman–Crippen LogP) is 4.08. The summed E-state index contributed by atoms with van der Waals surface area (Å²) in [7, 11) is 1.98. The fourth-order valence-corrected chi connectivity index (χ4v) is 2.26. The second kappa shape index (κ2) is 5.49. The minimum absolute atomic E-state index is 0.0233. The Kier molecular flexibility index (Phi) is 3.96. The van der Waals surface area contributed by atoms with Crippen LogP contribution < -0.4 is 4.90 Å². The molecule has 4 heteroatoms. The SMILES string of the molecule is CC(=O)c1ccc(N(C)Cc2ccoc2C)cc1Cl. The first-order chi connectivity index (χ1) is 8.99. The van der Waals surface area contributed by atoms with Crippen molar-refractivity contribution in [1.29, 1.82) is 0 Å². The van der Waals surface area contributed by atoms with Crippen molar-refractivity contribution in [3.05, 3.63) is 52.4 Å². The molecule has 0 spiro atoms. The van der Waals surface area contributed by atoms with Crippen LogP contribution in [0.2, 0.25) is 5.02 Å². The zero-order chi connectivity index (χ0) is 14.0. The highest BCUT2D eigenvalue weighted by atomic mass is 35.5. The van der Waals surface area contributed by atoms with E-state index in [1.54, 1.807) is 12.3 Å². The van der Waals surface area contributed by atoms with Crippen molar-refractivity contribution in [2.45, 2.75) is 20.4 Å². The van der Waals surface area contributed by atoms with Gasteiger partial charge in [-0.25, -0.2) is 0 Å². The van der Waals surface area contributed by atoms with Gasteiger partial charge in [0.05, 0.1) is 11.3 Å². The third-order valence-electron chi connectivity index (χ3n) is 3.15. The van der Waals surface area contributed by atoms with Gasteiger partial charge in [0, 0.05) is 30.4 Å². The highest BCUT2D eigenvalue weighted by Gasteiger charge is 2.10. The van der Waals surface area contributed by atoms with E-state index in [0.29, 0.717) is 10.6 Å². The van der Waals surface area contributed by atoms with Crippen molar-refractivity contribution in [3.8, 4) is 0 Å². The molecule has 0 aliphatic heterocycles. The number of aryl methyl sites for hydroxylation is 1. The number of carbonyl (C=O) groups excluding carboxylic acids is 1. The normalized spacial score (nSPS) is 10.5. The molecule has 19 heavy (non-hydrogen) atoms. The topological polar surface area (TPSA) is 33.5 Å². The van der Waals surface area contributed by atoms with E-state index >= 15 is 0 Å². The number of rotatable bonds is 4. The summed E-state index contributed by atoms with van der Waals surface area (Å²) in [5, 5.41) is 0.487. The average molecular weight is 278 g/mol. The van der Waals surface area contributed by atoms with Crippen LogP contribution in [0.25, 0.3) is 0 Å². The van der Waals surface area contributed by atoms with Gasteiger partial charge in [-0.15, -0.1) is 0 Å². The zero-order valence-electron chi connectivity index (χ0n) is 11.2. The van der Waals surface area contributed by atoms with Crippen LogP contribution in [-0.2, 0) is 6.54 Å². The number of benzene rings is 1. The van der Waals surface area contributed by atoms with Crippen molar-refractivity contribution in [2.75, 3.05) is 11.9 Å². The fourth-order valence-electron chi connectivity index (χ4n) is 1.95. The lowest BCUT2D eigenvalue weighted by Crippen LogP contribution is -2.16. The minimum Gasteiger partial charge on any atom is -0.469 e. The van der Waals surface area contributed by atoms with E-state index in [1.807, 2.05) is 32.2 Å². The lowest BCUT2D eigenvalue weighted by atomic mass is 10.1. The highest BCUT2D eigenvalue weighted by Crippen LogP contribution is 2.25. The van der Waals surface area contributed by atoms with Gasteiger partial charge in [-0.2, -0.15) is 0 Å². The summed E-state index contributed by atoms with van der Waals surface area (Å²) in [6, 6.07) is 7.43. The predicted molar refractivity (Wildman–Crippen MR) is 77.0 cm³/mol. The Morgan fingerprint density at radius 2 is 2.11 bits per heavy atom. The maximum Gasteiger partial charge on any atom is 0.161 e. The number of furan rings is 1. The third kappa shape index (κ3) is 2.99. The van der Waals surface area contributed by atoms with E-state index in [1.165, 1.54) is 6.92 Å². The molecule has 1 aromatic carbocycles. The maximum absolute atomic E-state index is 11.3. The monoisotopic (exact) mass is 277 g/mol. The van der Waals surface area contributed by atoms with E-state index < -0.39 is 0 Å². The van der Waals surface area contributed by atoms with Crippen molar-refractivity contribution in [3.63, 3.8) is 0 Å². The van der Waals surface area contributed by atoms with Gasteiger partial charge in [-0.3, -0.25) is 4.79 Å². The molecule has 0 unspecified atom stereocenters. The van der Waals surface area contributed by atoms with E-state index in [0.717, 1.165) is 23.6 Å². The molecule has 0 bridgehead atoms. The Hall–Kier alpha value is -1.74. The number of Topliss-reactive ketones (excluding diaryl/α,β-unsaturated/α-hetero) is 1. The van der Waals surface area contributed by atoms with Crippen LogP contribution in [-0.4, -0.2) is 12.8 Å². The van der Waals surface area contributed by atoms with Crippen molar-refractivity contribution in [2.24, 2.45) is 0 Å². The number of carbonyl (C=O) groups is 1. The number of anilines is 1. The minimum atomic E-state index is -0.0233. The van der Waals surface area contributed by atoms with Crippen LogP contribution in [0.1, 0.15) is 28.6 Å². The molecule has 100 valence electrons. The van der Waals surface area contributed by atoms with Gasteiger partial charge in [-0.1, -0.05) is 11.6 Å². The molecule has 1 aromatic heterocycles. The molecule has 2 rings (SSSR count). The molecule has 1 heterocycles. The molecule has 0 atom stereocenters. The first-order valence-electron chi connectivity index (χ1n) is 6.03. The molecule has 0 radical (unpaired) electrons. The van der Waals surface area contributed by atoms with Gasteiger partial charge >= 0.3 is 0 Å². The lowest BCUT2D eigenvalue weighted by Gasteiger charge is -2.19. The molecule has 0 aliphatic rings. The third-order valence-corrected chi connectivity index (χ3v) is 3.46. The van der Waals surface area contributed by atoms with Crippen LogP contribution in [0.3, 0.4) is 0 Å². The molecule has 0 fully saturated rings. The zero-order valence-corrected chi connectivity index (χ0v) is 12.0. The molecule has 0 saturated carbocycles. The number of ketones is 1. The summed E-state index contributed by atoms with van der Waals surface area (Å²) >= 11 is 6.12. The highest BCUT2D eigenvalue weighted by molar-refractivity contribution is 6.34. The van der Waals surface area contributed by atoms with Gasteiger partial charge in [0.1, 0.15) is 5.76 Å². The number of halogens is 1. The van der Waals surface area contributed by atoms with Crippen LogP contribution in [0.4, 0.5) is 5.69 Å². The Balaban J connectivity index is 2.20. The number of hydrogen-bond acceptors (Lipinski definition) is 3. The van der Waals surface area contributed by atoms with E-state index in [2.05, 4.69) is 4.90 Å². The van der Waals surface area contributed by atoms with Gasteiger partial charge in [0.15, 0.2) is 5.78 Å². The molecular weight excluding hydrogens is 262 g/mol. The molecule has 0 saturated heterocycles. The summed E-state index contributed by atoms with van der Waals surface area (Å²) in [6.45, 7) is 4.19. The first-order valence-corrected chi connectivity index (χ1v) is 6.41. The van der Waals surface area contributed by atoms with Crippen LogP contribution in [0, 0.1) is 6.92 Å². The van der Waals surface area contributed by atoms with E-state index in [-0.39, 0.29) is 5.78 Å². The Bertz CT molecular complexity index is 604. The molecule has 3 nitrogen and oxygen atoms in total. The van der Waals surface area contributed by atoms with Crippen LogP contribution >= 0.6 is 11.6 Å². The Morgan fingerprint density at radius 1 is 1.37 bits per heavy atom. The first kappa shape index (κ1) is 13.7. The summed E-state index contributed by atoms with van der Waals surface area (Å²) in [6.07, 6.45) is 1.68. The second-order valence-electron chi connectivity index (χ2n) is 4.58. The van der Waals surface area contributed by atoms with Crippen molar-refractivity contribution >= 4 is 23.1 Å². The molecular formula is C15H16ClNO2. The molecule has 0 N–H and O–H groups in total. The Morgan fingerprint density at radius 3 is 2.63 bits per heavy atom. The fraction of sp³-hybridized carbons (Fsp3) is 0.267. The smallest absolute Gasteiger partial charge is 0.161 e. The summed E-state index contributed by atoms with van der Waals surface area (Å²) in [5.41, 5.74) is 2.66.